The van der Waals surface area contributed by atoms with Crippen LogP contribution in [0.3, 0.4) is 0 Å². The molecule has 1 fully saturated rings. The normalized spacial score (nSPS) is 19.1. The first-order valence-electron chi connectivity index (χ1n) is 10.5. The number of phenols is 1. The molecule has 2 unspecified atom stereocenters. The number of phenolic OH excluding ortho intramolecular Hbond substituents is 1. The molecule has 1 aromatic carbocycles. The van der Waals surface area contributed by atoms with E-state index in [1.807, 2.05) is 19.1 Å². The molecule has 0 amide bonds. The highest BCUT2D eigenvalue weighted by Gasteiger charge is 2.38. The number of aromatic hydroxyl groups is 1. The van der Waals surface area contributed by atoms with Crippen LogP contribution in [0.1, 0.15) is 29.3 Å². The Morgan fingerprint density at radius 2 is 2.22 bits per heavy atom. The van der Waals surface area contributed by atoms with Gasteiger partial charge in [-0.3, -0.25) is 4.79 Å². The van der Waals surface area contributed by atoms with Crippen LogP contribution < -0.4 is 15.0 Å². The van der Waals surface area contributed by atoms with Gasteiger partial charge < -0.3 is 20.1 Å². The fourth-order valence-electron chi connectivity index (χ4n) is 4.34. The minimum Gasteiger partial charge on any atom is -0.504 e. The number of pyridine rings is 1. The Balaban J connectivity index is 1.41. The van der Waals surface area contributed by atoms with Gasteiger partial charge in [-0.1, -0.05) is 13.0 Å². The lowest BCUT2D eigenvalue weighted by Crippen LogP contribution is -2.40. The first-order valence-corrected chi connectivity index (χ1v) is 10.5. The zero-order valence-electron chi connectivity index (χ0n) is 17.5. The summed E-state index contributed by atoms with van der Waals surface area (Å²) in [7, 11) is 0. The quantitative estimate of drug-likeness (QED) is 0.590. The molecule has 0 saturated carbocycles. The average Bonchev–Trinajstić information content (AvgIpc) is 3.24. The van der Waals surface area contributed by atoms with Crippen molar-refractivity contribution in [1.82, 2.24) is 15.2 Å². The summed E-state index contributed by atoms with van der Waals surface area (Å²) in [6.45, 7) is 3.32. The lowest BCUT2D eigenvalue weighted by Gasteiger charge is -2.33. The summed E-state index contributed by atoms with van der Waals surface area (Å²) < 4.78 is 20.1. The van der Waals surface area contributed by atoms with E-state index in [-0.39, 0.29) is 12.1 Å². The number of halogens is 1. The van der Waals surface area contributed by atoms with Gasteiger partial charge in [0.1, 0.15) is 6.10 Å². The van der Waals surface area contributed by atoms with Crippen LogP contribution in [0.5, 0.6) is 11.6 Å². The minimum absolute atomic E-state index is 0.0909. The maximum atomic E-state index is 13.8. The highest BCUT2D eigenvalue weighted by Crippen LogP contribution is 2.39. The zero-order valence-corrected chi connectivity index (χ0v) is 17.5. The van der Waals surface area contributed by atoms with Crippen molar-refractivity contribution >= 4 is 17.8 Å². The summed E-state index contributed by atoms with van der Waals surface area (Å²) in [6, 6.07) is 8.14. The largest absolute Gasteiger partial charge is 0.504 e. The fraction of sp³-hybridized carbons (Fsp3) is 0.304. The van der Waals surface area contributed by atoms with Crippen LogP contribution >= 0.6 is 0 Å². The Hall–Kier alpha value is -3.75. The third-order valence-corrected chi connectivity index (χ3v) is 5.97. The van der Waals surface area contributed by atoms with Gasteiger partial charge in [-0.2, -0.15) is 0 Å². The highest BCUT2D eigenvalue weighted by molar-refractivity contribution is 5.77. The lowest BCUT2D eigenvalue weighted by atomic mass is 10.1. The van der Waals surface area contributed by atoms with Crippen LogP contribution in [-0.2, 0) is 6.42 Å². The van der Waals surface area contributed by atoms with E-state index < -0.39 is 11.6 Å². The number of nitrogens with zero attached hydrogens (tertiary/aromatic N) is 4. The zero-order chi connectivity index (χ0) is 22.2. The van der Waals surface area contributed by atoms with Crippen LogP contribution in [0.25, 0.3) is 11.3 Å². The first kappa shape index (κ1) is 20.2. The van der Waals surface area contributed by atoms with Crippen LogP contribution in [0.15, 0.2) is 36.5 Å². The summed E-state index contributed by atoms with van der Waals surface area (Å²) in [5.74, 6) is 0.0488. The third-order valence-electron chi connectivity index (χ3n) is 5.97. The van der Waals surface area contributed by atoms with Crippen LogP contribution in [0.4, 0.5) is 15.9 Å². The number of nitrogens with one attached hydrogen (secondary N) is 1. The predicted molar refractivity (Wildman–Crippen MR) is 117 cm³/mol. The number of carbonyl (C=O) groups excluding carboxylic acids is 1. The second-order valence-corrected chi connectivity index (χ2v) is 7.97. The van der Waals surface area contributed by atoms with Gasteiger partial charge in [0.05, 0.1) is 24.0 Å². The maximum Gasteiger partial charge on any atom is 0.216 e. The molecule has 2 N–H and O–H groups in total. The molecule has 0 aliphatic carbocycles. The molecule has 0 bridgehead atoms. The third kappa shape index (κ3) is 3.49. The van der Waals surface area contributed by atoms with E-state index in [9.17, 15) is 14.3 Å². The highest BCUT2D eigenvalue weighted by atomic mass is 19.1. The van der Waals surface area contributed by atoms with Crippen LogP contribution in [0.2, 0.25) is 0 Å². The number of hydrogen-bond donors (Lipinski definition) is 2. The monoisotopic (exact) mass is 435 g/mol. The van der Waals surface area contributed by atoms with Crippen molar-refractivity contribution < 1.29 is 19.0 Å². The van der Waals surface area contributed by atoms with Crippen molar-refractivity contribution in [2.45, 2.75) is 31.9 Å². The molecule has 2 atom stereocenters. The van der Waals surface area contributed by atoms with Crippen molar-refractivity contribution in [2.75, 3.05) is 23.3 Å². The molecule has 164 valence electrons. The molecule has 4 heterocycles. The van der Waals surface area contributed by atoms with Gasteiger partial charge in [0, 0.05) is 35.9 Å². The molecule has 2 aliphatic heterocycles. The minimum atomic E-state index is -0.701. The van der Waals surface area contributed by atoms with E-state index in [0.29, 0.717) is 48.0 Å². The Morgan fingerprint density at radius 3 is 3.03 bits per heavy atom. The van der Waals surface area contributed by atoms with Crippen LogP contribution in [0, 0.1) is 5.82 Å². The molecule has 2 aromatic heterocycles. The lowest BCUT2D eigenvalue weighted by molar-refractivity contribution is 0.112. The molecule has 5 rings (SSSR count). The number of anilines is 2. The number of benzene rings is 1. The Kier molecular flexibility index (Phi) is 5.08. The van der Waals surface area contributed by atoms with E-state index >= 15 is 0 Å². The SMILES string of the molecule is CCc1cc(C=O)cnc1OC1CC2CNc3nnc(-c4cccc(F)c4O)cc3N2C1. The number of aldehydes is 1. The number of rotatable bonds is 5. The molecular formula is C23H22FN5O3. The van der Waals surface area contributed by atoms with Gasteiger partial charge in [-0.25, -0.2) is 9.37 Å². The molecule has 8 nitrogen and oxygen atoms in total. The predicted octanol–water partition coefficient (Wildman–Crippen LogP) is 3.21. The first-order chi connectivity index (χ1) is 15.6. The molecule has 9 heteroatoms. The number of hydrogen-bond acceptors (Lipinski definition) is 8. The fourth-order valence-corrected chi connectivity index (χ4v) is 4.34. The number of ether oxygens (including phenoxy) is 1. The summed E-state index contributed by atoms with van der Waals surface area (Å²) in [4.78, 5) is 17.6. The number of aryl methyl sites for hydroxylation is 1. The van der Waals surface area contributed by atoms with Crippen molar-refractivity contribution in [3.05, 3.63) is 53.5 Å². The topological polar surface area (TPSA) is 100 Å². The van der Waals surface area contributed by atoms with Gasteiger partial charge in [0.25, 0.3) is 0 Å². The molecule has 2 aliphatic rings. The smallest absolute Gasteiger partial charge is 0.216 e. The second kappa shape index (κ2) is 8.07. The van der Waals surface area contributed by atoms with Gasteiger partial charge in [0.15, 0.2) is 23.7 Å². The molecule has 0 radical (unpaired) electrons. The van der Waals surface area contributed by atoms with E-state index in [2.05, 4.69) is 25.4 Å². The van der Waals surface area contributed by atoms with Gasteiger partial charge >= 0.3 is 0 Å². The molecule has 3 aromatic rings. The molecule has 0 spiro atoms. The summed E-state index contributed by atoms with van der Waals surface area (Å²) >= 11 is 0. The number of carbonyl (C=O) groups is 1. The van der Waals surface area contributed by atoms with Crippen LogP contribution in [-0.4, -0.2) is 51.8 Å². The van der Waals surface area contributed by atoms with Crippen molar-refractivity contribution in [1.29, 1.82) is 0 Å². The Labute approximate surface area is 184 Å². The van der Waals surface area contributed by atoms with E-state index in [1.165, 1.54) is 18.3 Å². The van der Waals surface area contributed by atoms with E-state index in [4.69, 9.17) is 4.74 Å². The summed E-state index contributed by atoms with van der Waals surface area (Å²) in [5.41, 5.74) is 2.95. The van der Waals surface area contributed by atoms with Gasteiger partial charge in [0.2, 0.25) is 5.88 Å². The summed E-state index contributed by atoms with van der Waals surface area (Å²) in [6.07, 6.45) is 3.71. The summed E-state index contributed by atoms with van der Waals surface area (Å²) in [5, 5.41) is 21.8. The molecular weight excluding hydrogens is 413 g/mol. The number of fused-ring (bicyclic) bond motifs is 3. The average molecular weight is 435 g/mol. The van der Waals surface area contributed by atoms with Gasteiger partial charge in [-0.05, 0) is 30.7 Å². The van der Waals surface area contributed by atoms with Crippen molar-refractivity contribution in [3.8, 4) is 22.9 Å². The van der Waals surface area contributed by atoms with Gasteiger partial charge in [-0.15, -0.1) is 10.2 Å². The Morgan fingerprint density at radius 1 is 1.34 bits per heavy atom. The van der Waals surface area contributed by atoms with Crippen molar-refractivity contribution in [2.24, 2.45) is 0 Å². The maximum absolute atomic E-state index is 13.8. The molecule has 32 heavy (non-hydrogen) atoms. The standard InChI is InChI=1S/C23H22FN5O3/c1-2-14-6-13(12-30)9-26-23(14)32-16-7-15-10-25-22-20(29(15)11-16)8-19(27-28-22)17-4-3-5-18(24)21(17)31/h3-6,8-9,12,15-16,31H,2,7,10-11H2,1H3,(H,25,28). The van der Waals surface area contributed by atoms with Crippen molar-refractivity contribution in [3.63, 3.8) is 0 Å². The number of para-hydroxylation sites is 1. The number of aromatic nitrogens is 3. The second-order valence-electron chi connectivity index (χ2n) is 7.97. The van der Waals surface area contributed by atoms with E-state index in [1.54, 1.807) is 6.07 Å². The Bertz CT molecular complexity index is 1190. The molecule has 1 saturated heterocycles. The van der Waals surface area contributed by atoms with E-state index in [0.717, 1.165) is 24.0 Å².